The molecule has 3 rings (SSSR count). The number of nitriles is 2. The maximum absolute atomic E-state index is 12.7. The molecule has 2 aromatic carbocycles. The molecule has 0 saturated carbocycles. The summed E-state index contributed by atoms with van der Waals surface area (Å²) in [7, 11) is 0. The molecule has 1 aromatic heterocycles. The summed E-state index contributed by atoms with van der Waals surface area (Å²) in [6.45, 7) is 2.15. The minimum atomic E-state index is -0.0538. The molecule has 5 nitrogen and oxygen atoms in total. The second-order valence-electron chi connectivity index (χ2n) is 7.03. The van der Waals surface area contributed by atoms with Crippen molar-refractivity contribution in [2.24, 2.45) is 0 Å². The van der Waals surface area contributed by atoms with Crippen molar-refractivity contribution in [2.75, 3.05) is 11.5 Å². The van der Waals surface area contributed by atoms with E-state index in [1.807, 2.05) is 54.6 Å². The van der Waals surface area contributed by atoms with Gasteiger partial charge in [-0.3, -0.25) is 4.79 Å². The minimum absolute atomic E-state index is 0.0515. The van der Waals surface area contributed by atoms with Crippen molar-refractivity contribution in [3.8, 4) is 23.3 Å². The topological polar surface area (TPSA) is 104 Å². The number of nitrogens with two attached hydrogens (primary N) is 1. The molecule has 31 heavy (non-hydrogen) atoms. The van der Waals surface area contributed by atoms with E-state index in [0.717, 1.165) is 31.0 Å². The SMILES string of the molecule is CCCCc1ccc(C(=O)CSc2nc(N)c(C#N)c(-c3ccccc3)c2C#N)cc1. The number of aromatic nitrogens is 1. The number of carbonyl (C=O) groups excluding carboxylic acids is 1. The molecule has 154 valence electrons. The summed E-state index contributed by atoms with van der Waals surface area (Å²) < 4.78 is 0. The lowest BCUT2D eigenvalue weighted by atomic mass is 9.97. The Balaban J connectivity index is 1.87. The van der Waals surface area contributed by atoms with Gasteiger partial charge < -0.3 is 5.73 Å². The maximum atomic E-state index is 12.7. The highest BCUT2D eigenvalue weighted by atomic mass is 32.2. The van der Waals surface area contributed by atoms with Gasteiger partial charge in [0.2, 0.25) is 0 Å². The van der Waals surface area contributed by atoms with Crippen LogP contribution in [0.15, 0.2) is 59.6 Å². The molecule has 0 unspecified atom stereocenters. The predicted octanol–water partition coefficient (Wildman–Crippen LogP) is 5.39. The molecule has 0 aliphatic rings. The van der Waals surface area contributed by atoms with Crippen LogP contribution in [0, 0.1) is 22.7 Å². The molecule has 0 aliphatic carbocycles. The minimum Gasteiger partial charge on any atom is -0.383 e. The van der Waals surface area contributed by atoms with Gasteiger partial charge >= 0.3 is 0 Å². The van der Waals surface area contributed by atoms with Gasteiger partial charge in [0.1, 0.15) is 28.5 Å². The van der Waals surface area contributed by atoms with Crippen molar-refractivity contribution in [3.63, 3.8) is 0 Å². The monoisotopic (exact) mass is 426 g/mol. The number of nitrogens with zero attached hydrogens (tertiary/aromatic N) is 3. The zero-order valence-corrected chi connectivity index (χ0v) is 18.1. The summed E-state index contributed by atoms with van der Waals surface area (Å²) in [4.78, 5) is 16.9. The van der Waals surface area contributed by atoms with Crippen LogP contribution in [-0.2, 0) is 6.42 Å². The Morgan fingerprint density at radius 1 is 1.03 bits per heavy atom. The highest BCUT2D eigenvalue weighted by molar-refractivity contribution is 8.00. The molecular weight excluding hydrogens is 404 g/mol. The van der Waals surface area contributed by atoms with Gasteiger partial charge in [-0.05, 0) is 24.0 Å². The lowest BCUT2D eigenvalue weighted by Crippen LogP contribution is -2.06. The zero-order chi connectivity index (χ0) is 22.2. The maximum Gasteiger partial charge on any atom is 0.173 e. The average Bonchev–Trinajstić information content (AvgIpc) is 2.81. The van der Waals surface area contributed by atoms with Gasteiger partial charge in [0.05, 0.1) is 11.3 Å². The summed E-state index contributed by atoms with van der Waals surface area (Å²) >= 11 is 1.16. The van der Waals surface area contributed by atoms with E-state index < -0.39 is 0 Å². The number of carbonyl (C=O) groups is 1. The van der Waals surface area contributed by atoms with Crippen molar-refractivity contribution in [3.05, 3.63) is 76.9 Å². The van der Waals surface area contributed by atoms with Crippen LogP contribution in [0.3, 0.4) is 0 Å². The molecule has 0 amide bonds. The normalized spacial score (nSPS) is 10.3. The van der Waals surface area contributed by atoms with Crippen LogP contribution in [0.2, 0.25) is 0 Å². The van der Waals surface area contributed by atoms with Crippen molar-refractivity contribution in [1.29, 1.82) is 10.5 Å². The number of pyridine rings is 1. The summed E-state index contributed by atoms with van der Waals surface area (Å²) in [5, 5.41) is 19.7. The van der Waals surface area contributed by atoms with E-state index in [1.54, 1.807) is 0 Å². The lowest BCUT2D eigenvalue weighted by Gasteiger charge is -2.12. The smallest absolute Gasteiger partial charge is 0.173 e. The quantitative estimate of drug-likeness (QED) is 0.382. The van der Waals surface area contributed by atoms with Gasteiger partial charge in [-0.1, -0.05) is 79.7 Å². The first-order valence-electron chi connectivity index (χ1n) is 10.0. The Kier molecular flexibility index (Phi) is 7.43. The van der Waals surface area contributed by atoms with E-state index in [1.165, 1.54) is 5.56 Å². The Morgan fingerprint density at radius 3 is 2.32 bits per heavy atom. The Bertz CT molecular complexity index is 1160. The third kappa shape index (κ3) is 5.12. The number of thioether (sulfide) groups is 1. The fourth-order valence-corrected chi connectivity index (χ4v) is 4.14. The van der Waals surface area contributed by atoms with Gasteiger partial charge in [-0.25, -0.2) is 4.98 Å². The van der Waals surface area contributed by atoms with Gasteiger partial charge in [0.25, 0.3) is 0 Å². The van der Waals surface area contributed by atoms with E-state index in [4.69, 9.17) is 5.73 Å². The zero-order valence-electron chi connectivity index (χ0n) is 17.3. The number of aryl methyl sites for hydroxylation is 1. The van der Waals surface area contributed by atoms with E-state index >= 15 is 0 Å². The third-order valence-electron chi connectivity index (χ3n) is 4.91. The number of benzene rings is 2. The molecule has 0 aliphatic heterocycles. The van der Waals surface area contributed by atoms with E-state index in [0.29, 0.717) is 21.7 Å². The van der Waals surface area contributed by atoms with Gasteiger partial charge in [0.15, 0.2) is 5.78 Å². The fourth-order valence-electron chi connectivity index (χ4n) is 3.25. The molecule has 2 N–H and O–H groups in total. The van der Waals surface area contributed by atoms with E-state index in [9.17, 15) is 15.3 Å². The number of unbranched alkanes of at least 4 members (excludes halogenated alkanes) is 1. The second-order valence-corrected chi connectivity index (χ2v) is 7.99. The van der Waals surface area contributed by atoms with E-state index in [-0.39, 0.29) is 28.5 Å². The molecule has 0 spiro atoms. The molecule has 0 atom stereocenters. The van der Waals surface area contributed by atoms with Crippen LogP contribution in [0.5, 0.6) is 0 Å². The molecular formula is C25H22N4OS. The number of rotatable bonds is 8. The van der Waals surface area contributed by atoms with Crippen molar-refractivity contribution in [2.45, 2.75) is 31.2 Å². The number of hydrogen-bond acceptors (Lipinski definition) is 6. The number of ketones is 1. The summed E-state index contributed by atoms with van der Waals surface area (Å²) in [6, 6.07) is 21.0. The van der Waals surface area contributed by atoms with Crippen molar-refractivity contribution < 1.29 is 4.79 Å². The first kappa shape index (κ1) is 22.1. The average molecular weight is 427 g/mol. The highest BCUT2D eigenvalue weighted by Gasteiger charge is 2.21. The van der Waals surface area contributed by atoms with Crippen molar-refractivity contribution >= 4 is 23.4 Å². The molecule has 0 radical (unpaired) electrons. The van der Waals surface area contributed by atoms with Crippen molar-refractivity contribution in [1.82, 2.24) is 4.98 Å². The first-order chi connectivity index (χ1) is 15.1. The van der Waals surface area contributed by atoms with Crippen LogP contribution in [0.1, 0.15) is 46.8 Å². The summed E-state index contributed by atoms with van der Waals surface area (Å²) in [5.74, 6) is 0.118. The first-order valence-corrected chi connectivity index (χ1v) is 11.0. The number of hydrogen-bond donors (Lipinski definition) is 1. The third-order valence-corrected chi connectivity index (χ3v) is 5.89. The van der Waals surface area contributed by atoms with Gasteiger partial charge in [-0.2, -0.15) is 10.5 Å². The number of nitrogen functional groups attached to an aromatic ring is 1. The molecule has 0 bridgehead atoms. The van der Waals surface area contributed by atoms with E-state index in [2.05, 4.69) is 24.0 Å². The van der Waals surface area contributed by atoms with Crippen LogP contribution >= 0.6 is 11.8 Å². The van der Waals surface area contributed by atoms with Crippen LogP contribution in [-0.4, -0.2) is 16.5 Å². The molecule has 1 heterocycles. The number of anilines is 1. The van der Waals surface area contributed by atoms with Crippen LogP contribution < -0.4 is 5.73 Å². The largest absolute Gasteiger partial charge is 0.383 e. The number of Topliss-reactive ketones (excluding diaryl/α,β-unsaturated/α-hetero) is 1. The Labute approximate surface area is 186 Å². The predicted molar refractivity (Wildman–Crippen MR) is 124 cm³/mol. The highest BCUT2D eigenvalue weighted by Crippen LogP contribution is 2.35. The van der Waals surface area contributed by atoms with Crippen LogP contribution in [0.4, 0.5) is 5.82 Å². The molecule has 0 fully saturated rings. The van der Waals surface area contributed by atoms with Gasteiger partial charge in [-0.15, -0.1) is 0 Å². The Hall–Kier alpha value is -3.61. The molecule has 6 heteroatoms. The fraction of sp³-hybridized carbons (Fsp3) is 0.200. The lowest BCUT2D eigenvalue weighted by molar-refractivity contribution is 0.102. The second kappa shape index (κ2) is 10.4. The molecule has 0 saturated heterocycles. The van der Waals surface area contributed by atoms with Crippen LogP contribution in [0.25, 0.3) is 11.1 Å². The van der Waals surface area contributed by atoms with Gasteiger partial charge in [0, 0.05) is 11.1 Å². The summed E-state index contributed by atoms with van der Waals surface area (Å²) in [6.07, 6.45) is 3.25. The molecule has 3 aromatic rings. The Morgan fingerprint density at radius 2 is 1.71 bits per heavy atom. The standard InChI is InChI=1S/C25H22N4OS/c1-2-3-7-17-10-12-18(13-11-17)22(30)16-31-25-21(15-27)23(19-8-5-4-6-9-19)20(14-26)24(28)29-25/h4-6,8-13H,2-3,7,16H2,1H3,(H2,28,29). The summed E-state index contributed by atoms with van der Waals surface area (Å²) in [5.41, 5.74) is 9.45.